The van der Waals surface area contributed by atoms with Gasteiger partial charge in [-0.3, -0.25) is 0 Å². The largest absolute Gasteiger partial charge is 0.416 e. The van der Waals surface area contributed by atoms with Crippen LogP contribution in [-0.2, 0) is 6.18 Å². The minimum Gasteiger partial charge on any atom is -0.377 e. The molecule has 240 valence electrons. The predicted molar refractivity (Wildman–Crippen MR) is 190 cm³/mol. The van der Waals surface area contributed by atoms with Crippen molar-refractivity contribution >= 4 is 72.1 Å². The van der Waals surface area contributed by atoms with Crippen LogP contribution >= 0.6 is 0 Å². The number of hydrogen-bond donors (Lipinski definition) is 0. The standard InChI is InChI=1S/C39H28F3N7/c1-49(2)38-24-23-37(31-13-7-8-14-32(31)38)48-47-36-22-21-35(29-11-5-6-12-30(29)36)46-45-34-20-19-33(27-9-3-4-10-28(27)34)44-43-26-17-15-25(16-18-26)39(40,41)42/h3-24H,1-2H3. The van der Waals surface area contributed by atoms with Crippen molar-refractivity contribution < 1.29 is 13.2 Å². The molecule has 0 N–H and O–H groups in total. The summed E-state index contributed by atoms with van der Waals surface area (Å²) in [5.74, 6) is 0. The number of alkyl halides is 3. The summed E-state index contributed by atoms with van der Waals surface area (Å²) in [5.41, 5.74) is 4.03. The number of azo groups is 3. The third-order valence-electron chi connectivity index (χ3n) is 8.11. The van der Waals surface area contributed by atoms with Crippen molar-refractivity contribution in [3.05, 3.63) is 139 Å². The molecule has 10 heteroatoms. The van der Waals surface area contributed by atoms with Crippen LogP contribution in [0.5, 0.6) is 0 Å². The first-order valence-corrected chi connectivity index (χ1v) is 15.4. The lowest BCUT2D eigenvalue weighted by Crippen LogP contribution is -2.08. The van der Waals surface area contributed by atoms with E-state index in [0.29, 0.717) is 28.4 Å². The number of rotatable bonds is 7. The molecule has 0 unspecified atom stereocenters. The highest BCUT2D eigenvalue weighted by Gasteiger charge is 2.29. The third kappa shape index (κ3) is 6.48. The second-order valence-corrected chi connectivity index (χ2v) is 11.5. The summed E-state index contributed by atoms with van der Waals surface area (Å²) < 4.78 is 38.8. The van der Waals surface area contributed by atoms with Gasteiger partial charge in [0.25, 0.3) is 0 Å². The van der Waals surface area contributed by atoms with Crippen molar-refractivity contribution in [3.8, 4) is 0 Å². The number of fused-ring (bicyclic) bond motifs is 3. The molecule has 0 heterocycles. The molecule has 0 spiro atoms. The van der Waals surface area contributed by atoms with E-state index >= 15 is 0 Å². The van der Waals surface area contributed by atoms with Crippen molar-refractivity contribution in [1.29, 1.82) is 0 Å². The average molecular weight is 652 g/mol. The molecular formula is C39H28F3N7. The fourth-order valence-corrected chi connectivity index (χ4v) is 5.67. The Morgan fingerprint density at radius 2 is 0.714 bits per heavy atom. The smallest absolute Gasteiger partial charge is 0.377 e. The Hall–Kier alpha value is -6.29. The maximum absolute atomic E-state index is 12.9. The first kappa shape index (κ1) is 31.3. The highest BCUT2D eigenvalue weighted by molar-refractivity contribution is 6.02. The molecule has 7 nitrogen and oxygen atoms in total. The first-order valence-electron chi connectivity index (χ1n) is 15.4. The van der Waals surface area contributed by atoms with Crippen molar-refractivity contribution in [3.63, 3.8) is 0 Å². The Bertz CT molecular complexity index is 2410. The summed E-state index contributed by atoms with van der Waals surface area (Å²) in [6.07, 6.45) is -4.41. The second-order valence-electron chi connectivity index (χ2n) is 11.5. The predicted octanol–water partition coefficient (Wildman–Crippen LogP) is 13.5. The Kier molecular flexibility index (Phi) is 8.36. The van der Waals surface area contributed by atoms with Gasteiger partial charge in [0.15, 0.2) is 0 Å². The van der Waals surface area contributed by atoms with Crippen LogP contribution in [-0.4, -0.2) is 14.1 Å². The zero-order valence-corrected chi connectivity index (χ0v) is 26.5. The SMILES string of the molecule is CN(C)c1ccc(N=Nc2ccc(N=Nc3ccc(N=Nc4ccc(C(F)(F)F)cc4)c4ccccc34)c3ccccc23)c2ccccc12. The molecule has 0 atom stereocenters. The molecule has 0 aliphatic carbocycles. The van der Waals surface area contributed by atoms with Crippen molar-refractivity contribution in [2.75, 3.05) is 19.0 Å². The number of benzene rings is 7. The monoisotopic (exact) mass is 651 g/mol. The lowest BCUT2D eigenvalue weighted by molar-refractivity contribution is -0.137. The number of hydrogen-bond acceptors (Lipinski definition) is 7. The Balaban J connectivity index is 1.19. The van der Waals surface area contributed by atoms with Crippen LogP contribution in [0.1, 0.15) is 5.56 Å². The van der Waals surface area contributed by atoms with Crippen molar-refractivity contribution in [2.45, 2.75) is 6.18 Å². The molecule has 0 aromatic heterocycles. The zero-order valence-electron chi connectivity index (χ0n) is 26.5. The number of anilines is 1. The van der Waals surface area contributed by atoms with E-state index in [1.807, 2.05) is 93.0 Å². The Morgan fingerprint density at radius 3 is 1.08 bits per heavy atom. The number of nitrogens with zero attached hydrogens (tertiary/aromatic N) is 7. The fourth-order valence-electron chi connectivity index (χ4n) is 5.67. The summed E-state index contributed by atoms with van der Waals surface area (Å²) in [6.45, 7) is 0. The Morgan fingerprint density at radius 1 is 0.388 bits per heavy atom. The van der Waals surface area contributed by atoms with Gasteiger partial charge in [0.2, 0.25) is 0 Å². The summed E-state index contributed by atoms with van der Waals surface area (Å²) in [4.78, 5) is 2.08. The normalized spacial score (nSPS) is 12.3. The molecular weight excluding hydrogens is 623 g/mol. The van der Waals surface area contributed by atoms with E-state index in [-0.39, 0.29) is 0 Å². The van der Waals surface area contributed by atoms with Crippen LogP contribution in [0.2, 0.25) is 0 Å². The van der Waals surface area contributed by atoms with Crippen molar-refractivity contribution in [2.24, 2.45) is 30.7 Å². The molecule has 7 rings (SSSR count). The van der Waals surface area contributed by atoms with Gasteiger partial charge in [0, 0.05) is 52.1 Å². The fraction of sp³-hybridized carbons (Fsp3) is 0.0769. The van der Waals surface area contributed by atoms with Crippen LogP contribution < -0.4 is 4.90 Å². The molecule has 0 fully saturated rings. The molecule has 0 saturated heterocycles. The van der Waals surface area contributed by atoms with E-state index in [1.54, 1.807) is 12.1 Å². The van der Waals surface area contributed by atoms with E-state index < -0.39 is 11.7 Å². The van der Waals surface area contributed by atoms with Crippen LogP contribution in [0.15, 0.2) is 164 Å². The van der Waals surface area contributed by atoms with Crippen molar-refractivity contribution in [1.82, 2.24) is 0 Å². The van der Waals surface area contributed by atoms with Gasteiger partial charge in [-0.2, -0.15) is 18.3 Å². The quantitative estimate of drug-likeness (QED) is 0.158. The first-order chi connectivity index (χ1) is 23.8. The van der Waals surface area contributed by atoms with E-state index in [2.05, 4.69) is 53.8 Å². The van der Waals surface area contributed by atoms with E-state index in [9.17, 15) is 13.2 Å². The number of halogens is 3. The molecule has 0 aliphatic heterocycles. The molecule has 0 radical (unpaired) electrons. The van der Waals surface area contributed by atoms with Crippen LogP contribution in [0, 0.1) is 0 Å². The van der Waals surface area contributed by atoms with E-state index in [1.165, 1.54) is 12.1 Å². The summed E-state index contributed by atoms with van der Waals surface area (Å²) in [5, 5.41) is 32.5. The minimum absolute atomic E-state index is 0.311. The molecule has 0 aliphatic rings. The van der Waals surface area contributed by atoms with Crippen LogP contribution in [0.4, 0.5) is 53.0 Å². The lowest BCUT2D eigenvalue weighted by atomic mass is 10.1. The van der Waals surface area contributed by atoms with Gasteiger partial charge in [-0.1, -0.05) is 72.8 Å². The highest BCUT2D eigenvalue weighted by Crippen LogP contribution is 2.39. The second kappa shape index (κ2) is 13.1. The van der Waals surface area contributed by atoms with Crippen LogP contribution in [0.25, 0.3) is 32.3 Å². The average Bonchev–Trinajstić information content (AvgIpc) is 3.12. The zero-order chi connectivity index (χ0) is 34.0. The molecule has 0 bridgehead atoms. The van der Waals surface area contributed by atoms with Gasteiger partial charge in [0.1, 0.15) is 0 Å². The third-order valence-corrected chi connectivity index (χ3v) is 8.11. The van der Waals surface area contributed by atoms with E-state index in [0.717, 1.165) is 55.8 Å². The maximum atomic E-state index is 12.9. The van der Waals surface area contributed by atoms with Gasteiger partial charge >= 0.3 is 6.18 Å². The molecule has 0 amide bonds. The Labute approximate surface area is 279 Å². The maximum Gasteiger partial charge on any atom is 0.416 e. The summed E-state index contributed by atoms with van der Waals surface area (Å²) >= 11 is 0. The van der Waals surface area contributed by atoms with Gasteiger partial charge < -0.3 is 4.90 Å². The van der Waals surface area contributed by atoms with Crippen LogP contribution in [0.3, 0.4) is 0 Å². The highest BCUT2D eigenvalue weighted by atomic mass is 19.4. The lowest BCUT2D eigenvalue weighted by Gasteiger charge is -2.16. The van der Waals surface area contributed by atoms with Gasteiger partial charge in [-0.05, 0) is 60.7 Å². The molecule has 7 aromatic carbocycles. The molecule has 0 saturated carbocycles. The van der Waals surface area contributed by atoms with Gasteiger partial charge in [0.05, 0.1) is 39.7 Å². The minimum atomic E-state index is -4.41. The topological polar surface area (TPSA) is 77.4 Å². The summed E-state index contributed by atoms with van der Waals surface area (Å²) in [6, 6.07) is 39.5. The molecule has 7 aromatic rings. The van der Waals surface area contributed by atoms with Gasteiger partial charge in [-0.15, -0.1) is 25.6 Å². The molecule has 49 heavy (non-hydrogen) atoms. The van der Waals surface area contributed by atoms with Gasteiger partial charge in [-0.25, -0.2) is 0 Å². The summed E-state index contributed by atoms with van der Waals surface area (Å²) in [7, 11) is 4.04. The van der Waals surface area contributed by atoms with E-state index in [4.69, 9.17) is 0 Å².